The van der Waals surface area contributed by atoms with Gasteiger partial charge in [-0.1, -0.05) is 27.7 Å². The van der Waals surface area contributed by atoms with Crippen LogP contribution in [0.25, 0.3) is 22.3 Å². The summed E-state index contributed by atoms with van der Waals surface area (Å²) in [6, 6.07) is 9.35. The number of nitrogens with zero attached hydrogens (tertiary/aromatic N) is 2. The number of aromatic nitrogens is 2. The van der Waals surface area contributed by atoms with Crippen LogP contribution >= 0.6 is 0 Å². The molecule has 11 heteroatoms. The van der Waals surface area contributed by atoms with Gasteiger partial charge in [-0.3, -0.25) is 9.59 Å². The van der Waals surface area contributed by atoms with E-state index < -0.39 is 11.6 Å². The van der Waals surface area contributed by atoms with Crippen molar-refractivity contribution in [2.45, 2.75) is 136 Å². The Labute approximate surface area is 340 Å². The number of carbonyl (C=O) groups excluding carboxylic acids is 2. The highest BCUT2D eigenvalue weighted by atomic mass is 16.6. The first kappa shape index (κ1) is 39.6. The molecule has 4 heterocycles. The lowest BCUT2D eigenvalue weighted by molar-refractivity contribution is -0.175. The first-order valence-electron chi connectivity index (χ1n) is 22.0. The lowest BCUT2D eigenvalue weighted by atomic mass is 9.43. The normalized spacial score (nSPS) is 35.2. The standard InChI is InChI=1S/C47H60N2O9/c1-5-47(55)37-22-39-42-28(24-49(39)43(53)33(37)25-58-44(47)54)19-27-20-31(9-13-38(27)48-42)56-17-6-18-57-41(52)14-7-26(2)34-11-12-35-32-10-8-29-21-30(50)15-16-45(29,3)36(32)23-40(51)46(34,35)4/h9,13,19-20,22,26,29-30,32,34-36,40,50-51,55H,5-8,10-12,14-18,21,23-25H2,1-4H3/t26-,29?,30-,32+,34-,35+,36+,40+,45+,46-,47+/m1/s1. The number of cyclic esters (lactones) is 1. The number of fused-ring (bicyclic) bond motifs is 10. The van der Waals surface area contributed by atoms with Crippen LogP contribution in [0.4, 0.5) is 0 Å². The first-order valence-corrected chi connectivity index (χ1v) is 22.0. The summed E-state index contributed by atoms with van der Waals surface area (Å²) in [5, 5.41) is 34.3. The molecule has 312 valence electrons. The number of hydrogen-bond acceptors (Lipinski definition) is 10. The molecule has 4 saturated carbocycles. The van der Waals surface area contributed by atoms with Gasteiger partial charge in [0, 0.05) is 29.4 Å². The highest BCUT2D eigenvalue weighted by molar-refractivity contribution is 5.87. The van der Waals surface area contributed by atoms with Crippen molar-refractivity contribution in [1.82, 2.24) is 9.55 Å². The van der Waals surface area contributed by atoms with Gasteiger partial charge in [0.05, 0.1) is 54.4 Å². The van der Waals surface area contributed by atoms with E-state index in [2.05, 4.69) is 20.8 Å². The molecular formula is C47H60N2O9. The number of benzene rings is 1. The summed E-state index contributed by atoms with van der Waals surface area (Å²) in [5.41, 5.74) is 1.35. The van der Waals surface area contributed by atoms with Crippen LogP contribution in [0.3, 0.4) is 0 Å². The quantitative estimate of drug-likeness (QED) is 0.115. The summed E-state index contributed by atoms with van der Waals surface area (Å²) in [4.78, 5) is 43.7. The van der Waals surface area contributed by atoms with Crippen LogP contribution in [-0.2, 0) is 37.8 Å². The monoisotopic (exact) mass is 796 g/mol. The van der Waals surface area contributed by atoms with Gasteiger partial charge in [0.15, 0.2) is 5.60 Å². The number of rotatable bonds is 10. The molecule has 4 aliphatic carbocycles. The van der Waals surface area contributed by atoms with Gasteiger partial charge >= 0.3 is 11.9 Å². The van der Waals surface area contributed by atoms with E-state index >= 15 is 0 Å². The molecule has 0 radical (unpaired) electrons. The van der Waals surface area contributed by atoms with Crippen molar-refractivity contribution >= 4 is 22.8 Å². The minimum atomic E-state index is -1.87. The summed E-state index contributed by atoms with van der Waals surface area (Å²) >= 11 is 0. The van der Waals surface area contributed by atoms with E-state index in [1.165, 1.54) is 12.8 Å². The van der Waals surface area contributed by atoms with Crippen LogP contribution in [-0.4, -0.2) is 62.2 Å². The van der Waals surface area contributed by atoms with Crippen molar-refractivity contribution in [3.63, 3.8) is 0 Å². The van der Waals surface area contributed by atoms with Crippen molar-refractivity contribution in [3.05, 3.63) is 57.4 Å². The van der Waals surface area contributed by atoms with E-state index in [-0.39, 0.29) is 54.2 Å². The maximum atomic E-state index is 13.5. The van der Waals surface area contributed by atoms with Crippen molar-refractivity contribution in [2.24, 2.45) is 46.3 Å². The molecule has 58 heavy (non-hydrogen) atoms. The molecule has 6 aliphatic rings. The second-order valence-corrected chi connectivity index (χ2v) is 19.3. The van der Waals surface area contributed by atoms with Gasteiger partial charge in [-0.2, -0.15) is 0 Å². The average Bonchev–Trinajstić information content (AvgIpc) is 3.76. The van der Waals surface area contributed by atoms with Crippen LogP contribution in [0.5, 0.6) is 5.75 Å². The fourth-order valence-electron chi connectivity index (χ4n) is 13.3. The fraction of sp³-hybridized carbons (Fsp3) is 0.660. The van der Waals surface area contributed by atoms with Crippen molar-refractivity contribution in [1.29, 1.82) is 0 Å². The number of esters is 2. The molecule has 11 atom stereocenters. The first-order chi connectivity index (χ1) is 27.8. The van der Waals surface area contributed by atoms with Crippen LogP contribution in [0, 0.1) is 46.3 Å². The average molecular weight is 797 g/mol. The second-order valence-electron chi connectivity index (χ2n) is 19.3. The van der Waals surface area contributed by atoms with Crippen LogP contribution < -0.4 is 10.3 Å². The Morgan fingerprint density at radius 2 is 1.86 bits per heavy atom. The summed E-state index contributed by atoms with van der Waals surface area (Å²) in [7, 11) is 0. The van der Waals surface area contributed by atoms with Gasteiger partial charge in [0.2, 0.25) is 0 Å². The number of carbonyl (C=O) groups is 2. The number of pyridine rings is 2. The van der Waals surface area contributed by atoms with E-state index in [0.29, 0.717) is 89.8 Å². The zero-order valence-electron chi connectivity index (χ0n) is 34.5. The highest BCUT2D eigenvalue weighted by Crippen LogP contribution is 2.68. The third-order valence-electron chi connectivity index (χ3n) is 16.6. The van der Waals surface area contributed by atoms with Gasteiger partial charge in [0.1, 0.15) is 12.4 Å². The summed E-state index contributed by atoms with van der Waals surface area (Å²) in [6.45, 7) is 9.58. The van der Waals surface area contributed by atoms with E-state index in [0.717, 1.165) is 61.4 Å². The number of aliphatic hydroxyl groups is 3. The number of hydrogen-bond donors (Lipinski definition) is 3. The molecule has 3 aromatic rings. The lowest BCUT2D eigenvalue weighted by Crippen LogP contribution is -2.58. The maximum absolute atomic E-state index is 13.5. The Morgan fingerprint density at radius 1 is 1.03 bits per heavy atom. The third kappa shape index (κ3) is 6.23. The van der Waals surface area contributed by atoms with Gasteiger partial charge in [-0.15, -0.1) is 0 Å². The lowest BCUT2D eigenvalue weighted by Gasteiger charge is -2.62. The fourth-order valence-corrected chi connectivity index (χ4v) is 13.3. The Balaban J connectivity index is 0.760. The van der Waals surface area contributed by atoms with Crippen molar-refractivity contribution in [2.75, 3.05) is 13.2 Å². The molecule has 0 bridgehead atoms. The Morgan fingerprint density at radius 3 is 2.67 bits per heavy atom. The van der Waals surface area contributed by atoms with E-state index in [1.54, 1.807) is 17.6 Å². The molecule has 11 nitrogen and oxygen atoms in total. The molecular weight excluding hydrogens is 737 g/mol. The molecule has 1 aromatic carbocycles. The summed E-state index contributed by atoms with van der Waals surface area (Å²) in [5.74, 6) is 2.72. The van der Waals surface area contributed by atoms with Crippen molar-refractivity contribution in [3.8, 4) is 17.1 Å². The molecule has 0 spiro atoms. The Bertz CT molecular complexity index is 2180. The molecule has 4 fully saturated rings. The van der Waals surface area contributed by atoms with Crippen LogP contribution in [0.15, 0.2) is 35.1 Å². The highest BCUT2D eigenvalue weighted by Gasteiger charge is 2.63. The summed E-state index contributed by atoms with van der Waals surface area (Å²) in [6.07, 6.45) is 9.73. The molecule has 2 aliphatic heterocycles. The van der Waals surface area contributed by atoms with Gasteiger partial charge in [-0.05, 0) is 141 Å². The minimum absolute atomic E-state index is 0.0898. The SMILES string of the molecule is CC[C@@]1(O)C(=O)OCc2c1cc1n(c2=O)Cc2cc3cc(OCCCOC(=O)CC[C@@H](C)[C@H]4CC[C@H]5[C@@H]6CCC7C[C@H](O)CC[C@]7(C)[C@H]6C[C@H](O)[C@]45C)ccc3nc2-1. The van der Waals surface area contributed by atoms with Crippen LogP contribution in [0.2, 0.25) is 0 Å². The zero-order valence-corrected chi connectivity index (χ0v) is 34.5. The molecule has 0 amide bonds. The van der Waals surface area contributed by atoms with Gasteiger partial charge in [-0.25, -0.2) is 9.78 Å². The van der Waals surface area contributed by atoms with Crippen molar-refractivity contribution < 1.29 is 39.1 Å². The van der Waals surface area contributed by atoms with Gasteiger partial charge < -0.3 is 34.1 Å². The third-order valence-corrected chi connectivity index (χ3v) is 16.6. The van der Waals surface area contributed by atoms with E-state index in [4.69, 9.17) is 19.2 Å². The number of ether oxygens (including phenoxy) is 3. The summed E-state index contributed by atoms with van der Waals surface area (Å²) < 4.78 is 18.5. The molecule has 0 saturated heterocycles. The Kier molecular flexibility index (Phi) is 10.1. The molecule has 2 aromatic heterocycles. The van der Waals surface area contributed by atoms with Gasteiger partial charge in [0.25, 0.3) is 5.56 Å². The predicted molar refractivity (Wildman–Crippen MR) is 217 cm³/mol. The second kappa shape index (κ2) is 14.7. The molecule has 9 rings (SSSR count). The molecule has 1 unspecified atom stereocenters. The topological polar surface area (TPSA) is 157 Å². The number of aliphatic hydroxyl groups excluding tert-OH is 2. The smallest absolute Gasteiger partial charge is 0.343 e. The van der Waals surface area contributed by atoms with E-state index in [1.807, 2.05) is 24.3 Å². The maximum Gasteiger partial charge on any atom is 0.343 e. The van der Waals surface area contributed by atoms with Crippen LogP contribution in [0.1, 0.15) is 121 Å². The molecule has 3 N–H and O–H groups in total. The predicted octanol–water partition coefficient (Wildman–Crippen LogP) is 6.80. The zero-order chi connectivity index (χ0) is 40.7. The Hall–Kier alpha value is -3.80. The minimum Gasteiger partial charge on any atom is -0.493 e. The largest absolute Gasteiger partial charge is 0.493 e. The van der Waals surface area contributed by atoms with E-state index in [9.17, 15) is 29.7 Å².